The monoisotopic (exact) mass is 232 g/mol. The van der Waals surface area contributed by atoms with E-state index in [2.05, 4.69) is 47.2 Å². The van der Waals surface area contributed by atoms with Crippen LogP contribution in [0.5, 0.6) is 0 Å². The van der Waals surface area contributed by atoms with Gasteiger partial charge in [0.05, 0.1) is 6.54 Å². The van der Waals surface area contributed by atoms with Gasteiger partial charge in [-0.15, -0.1) is 0 Å². The Morgan fingerprint density at radius 1 is 1.35 bits per heavy atom. The van der Waals surface area contributed by atoms with Crippen LogP contribution in [0.2, 0.25) is 0 Å². The van der Waals surface area contributed by atoms with E-state index in [0.717, 1.165) is 37.0 Å². The van der Waals surface area contributed by atoms with Gasteiger partial charge in [-0.3, -0.25) is 0 Å². The molecule has 0 aromatic carbocycles. The predicted octanol–water partition coefficient (Wildman–Crippen LogP) is 1.87. The molecule has 0 saturated carbocycles. The Labute approximate surface area is 103 Å². The van der Waals surface area contributed by atoms with Crippen LogP contribution in [0.4, 0.5) is 5.95 Å². The van der Waals surface area contributed by atoms with Gasteiger partial charge in [-0.2, -0.15) is 0 Å². The fourth-order valence-corrected chi connectivity index (χ4v) is 1.86. The Hall–Kier alpha value is -1.58. The maximum Gasteiger partial charge on any atom is 0.225 e. The second-order valence-electron chi connectivity index (χ2n) is 4.85. The largest absolute Gasteiger partial charge is 0.375 e. The highest BCUT2D eigenvalue weighted by molar-refractivity contribution is 5.34. The average Bonchev–Trinajstić information content (AvgIpc) is 2.33. The van der Waals surface area contributed by atoms with Gasteiger partial charge in [0.2, 0.25) is 5.95 Å². The summed E-state index contributed by atoms with van der Waals surface area (Å²) in [6.07, 6.45) is 1.85. The van der Waals surface area contributed by atoms with E-state index in [9.17, 15) is 0 Å². The molecular formula is C13H20N4. The first-order valence-corrected chi connectivity index (χ1v) is 6.04. The molecule has 17 heavy (non-hydrogen) atoms. The number of anilines is 1. The minimum absolute atomic E-state index is 0.437. The van der Waals surface area contributed by atoms with Crippen LogP contribution in [0.25, 0.3) is 0 Å². The van der Waals surface area contributed by atoms with E-state index in [1.165, 1.54) is 0 Å². The summed E-state index contributed by atoms with van der Waals surface area (Å²) in [6, 6.07) is 1.99. The summed E-state index contributed by atoms with van der Waals surface area (Å²) in [5.41, 5.74) is 2.22. The third kappa shape index (κ3) is 2.57. The number of hydrogen-bond donors (Lipinski definition) is 0. The van der Waals surface area contributed by atoms with Gasteiger partial charge in [0, 0.05) is 37.7 Å². The van der Waals surface area contributed by atoms with E-state index in [1.54, 1.807) is 0 Å². The molecule has 2 heterocycles. The zero-order valence-electron chi connectivity index (χ0n) is 10.8. The number of piperazine rings is 1. The van der Waals surface area contributed by atoms with E-state index in [0.29, 0.717) is 5.92 Å². The molecule has 0 spiro atoms. The third-order valence-corrected chi connectivity index (χ3v) is 3.16. The van der Waals surface area contributed by atoms with Gasteiger partial charge >= 0.3 is 0 Å². The fourth-order valence-electron chi connectivity index (χ4n) is 1.86. The van der Waals surface area contributed by atoms with Crippen molar-refractivity contribution in [1.82, 2.24) is 14.9 Å². The summed E-state index contributed by atoms with van der Waals surface area (Å²) in [5, 5.41) is 0. The first-order chi connectivity index (χ1) is 8.08. The van der Waals surface area contributed by atoms with Crippen molar-refractivity contribution in [2.45, 2.75) is 19.8 Å². The van der Waals surface area contributed by atoms with Gasteiger partial charge in [-0.05, 0) is 12.0 Å². The van der Waals surface area contributed by atoms with Crippen LogP contribution in [0.15, 0.2) is 24.5 Å². The molecule has 1 aromatic rings. The lowest BCUT2D eigenvalue weighted by Crippen LogP contribution is -2.43. The van der Waals surface area contributed by atoms with E-state index < -0.39 is 0 Å². The summed E-state index contributed by atoms with van der Waals surface area (Å²) in [6.45, 7) is 11.1. The molecule has 1 fully saturated rings. The van der Waals surface area contributed by atoms with Crippen LogP contribution in [-0.4, -0.2) is 41.5 Å². The van der Waals surface area contributed by atoms with Crippen LogP contribution in [0.3, 0.4) is 0 Å². The predicted molar refractivity (Wildman–Crippen MR) is 70.1 cm³/mol. The molecule has 1 saturated heterocycles. The Morgan fingerprint density at radius 3 is 2.76 bits per heavy atom. The number of likely N-dealkylation sites (N-methyl/N-ethyl adjacent to an activating group) is 1. The molecule has 0 amide bonds. The molecule has 1 aliphatic rings. The standard InChI is InChI=1S/C13H20N4/c1-10(2)12-5-6-14-13(15-12)17-8-7-16(4)11(3)9-17/h5-6,10H,3,7-9H2,1-2,4H3. The van der Waals surface area contributed by atoms with Crippen molar-refractivity contribution >= 4 is 5.95 Å². The first kappa shape index (κ1) is 11.9. The van der Waals surface area contributed by atoms with Crippen LogP contribution >= 0.6 is 0 Å². The normalized spacial score (nSPS) is 16.8. The second kappa shape index (κ2) is 4.73. The molecule has 1 aliphatic heterocycles. The third-order valence-electron chi connectivity index (χ3n) is 3.16. The molecule has 0 atom stereocenters. The summed E-state index contributed by atoms with van der Waals surface area (Å²) in [4.78, 5) is 13.3. The van der Waals surface area contributed by atoms with E-state index in [1.807, 2.05) is 12.3 Å². The van der Waals surface area contributed by atoms with Gasteiger partial charge in [0.15, 0.2) is 0 Å². The van der Waals surface area contributed by atoms with Crippen LogP contribution < -0.4 is 4.90 Å². The summed E-state index contributed by atoms with van der Waals surface area (Å²) < 4.78 is 0. The lowest BCUT2D eigenvalue weighted by Gasteiger charge is -2.35. The van der Waals surface area contributed by atoms with Crippen molar-refractivity contribution < 1.29 is 0 Å². The van der Waals surface area contributed by atoms with E-state index in [4.69, 9.17) is 0 Å². The Kier molecular flexibility index (Phi) is 3.31. The van der Waals surface area contributed by atoms with Crippen LogP contribution in [0.1, 0.15) is 25.5 Å². The molecular weight excluding hydrogens is 212 g/mol. The zero-order valence-corrected chi connectivity index (χ0v) is 10.8. The van der Waals surface area contributed by atoms with Crippen molar-refractivity contribution in [2.75, 3.05) is 31.6 Å². The van der Waals surface area contributed by atoms with Crippen molar-refractivity contribution in [3.05, 3.63) is 30.2 Å². The number of nitrogens with zero attached hydrogens (tertiary/aromatic N) is 4. The highest BCUT2D eigenvalue weighted by Gasteiger charge is 2.19. The molecule has 2 rings (SSSR count). The Bertz CT molecular complexity index is 414. The molecule has 4 heteroatoms. The van der Waals surface area contributed by atoms with Gasteiger partial charge in [-0.1, -0.05) is 20.4 Å². The smallest absolute Gasteiger partial charge is 0.225 e. The number of hydrogen-bond acceptors (Lipinski definition) is 4. The molecule has 0 unspecified atom stereocenters. The fraction of sp³-hybridized carbons (Fsp3) is 0.538. The minimum atomic E-state index is 0.437. The van der Waals surface area contributed by atoms with Gasteiger partial charge in [-0.25, -0.2) is 9.97 Å². The SMILES string of the molecule is C=C1CN(c2nccc(C(C)C)n2)CCN1C. The second-order valence-corrected chi connectivity index (χ2v) is 4.85. The highest BCUT2D eigenvalue weighted by Crippen LogP contribution is 2.18. The zero-order chi connectivity index (χ0) is 12.4. The first-order valence-electron chi connectivity index (χ1n) is 6.04. The quantitative estimate of drug-likeness (QED) is 0.779. The summed E-state index contributed by atoms with van der Waals surface area (Å²) in [7, 11) is 2.07. The number of aromatic nitrogens is 2. The van der Waals surface area contributed by atoms with E-state index >= 15 is 0 Å². The topological polar surface area (TPSA) is 32.3 Å². The van der Waals surface area contributed by atoms with E-state index in [-0.39, 0.29) is 0 Å². The maximum atomic E-state index is 4.61. The van der Waals surface area contributed by atoms with Gasteiger partial charge in [0.1, 0.15) is 0 Å². The van der Waals surface area contributed by atoms with Crippen molar-refractivity contribution in [3.8, 4) is 0 Å². The Balaban J connectivity index is 2.17. The molecule has 92 valence electrons. The van der Waals surface area contributed by atoms with Crippen molar-refractivity contribution in [2.24, 2.45) is 0 Å². The lowest BCUT2D eigenvalue weighted by atomic mass is 10.1. The molecule has 0 bridgehead atoms. The molecule has 0 radical (unpaired) electrons. The molecule has 0 N–H and O–H groups in total. The molecule has 1 aromatic heterocycles. The van der Waals surface area contributed by atoms with Crippen LogP contribution in [0, 0.1) is 0 Å². The van der Waals surface area contributed by atoms with Gasteiger partial charge < -0.3 is 9.80 Å². The van der Waals surface area contributed by atoms with Crippen molar-refractivity contribution in [1.29, 1.82) is 0 Å². The van der Waals surface area contributed by atoms with Crippen molar-refractivity contribution in [3.63, 3.8) is 0 Å². The maximum absolute atomic E-state index is 4.61. The highest BCUT2D eigenvalue weighted by atomic mass is 15.3. The average molecular weight is 232 g/mol. The summed E-state index contributed by atoms with van der Waals surface area (Å²) >= 11 is 0. The summed E-state index contributed by atoms with van der Waals surface area (Å²) in [5.74, 6) is 1.26. The Morgan fingerprint density at radius 2 is 2.12 bits per heavy atom. The number of rotatable bonds is 2. The molecule has 4 nitrogen and oxygen atoms in total. The van der Waals surface area contributed by atoms with Crippen LogP contribution in [-0.2, 0) is 0 Å². The lowest BCUT2D eigenvalue weighted by molar-refractivity contribution is 0.380. The molecule has 0 aliphatic carbocycles. The van der Waals surface area contributed by atoms with Gasteiger partial charge in [0.25, 0.3) is 0 Å². The minimum Gasteiger partial charge on any atom is -0.375 e.